The van der Waals surface area contributed by atoms with Crippen LogP contribution in [0.5, 0.6) is 0 Å². The molecule has 0 bridgehead atoms. The molecule has 1 aromatic carbocycles. The minimum Gasteiger partial charge on any atom is -0.375 e. The molecule has 0 aliphatic rings. The number of amides is 1. The summed E-state index contributed by atoms with van der Waals surface area (Å²) in [6, 6.07) is 7.02. The highest BCUT2D eigenvalue weighted by Gasteiger charge is 2.17. The average molecular weight is 400 g/mol. The lowest BCUT2D eigenvalue weighted by atomic mass is 10.2. The van der Waals surface area contributed by atoms with Crippen molar-refractivity contribution in [3.8, 4) is 0 Å². The molecule has 0 atom stereocenters. The van der Waals surface area contributed by atoms with Crippen LogP contribution in [0, 0.1) is 5.82 Å². The van der Waals surface area contributed by atoms with Gasteiger partial charge in [0.25, 0.3) is 5.56 Å². The second kappa shape index (κ2) is 7.74. The lowest BCUT2D eigenvalue weighted by Gasteiger charge is -2.17. The summed E-state index contributed by atoms with van der Waals surface area (Å²) in [5.74, 6) is -0.265. The molecule has 0 aliphatic carbocycles. The number of aryl methyl sites for hydroxylation is 1. The number of halogens is 1. The topological polar surface area (TPSA) is 101 Å². The Labute approximate surface area is 165 Å². The van der Waals surface area contributed by atoms with E-state index in [1.54, 1.807) is 25.1 Å². The molecule has 0 aliphatic heterocycles. The van der Waals surface area contributed by atoms with Crippen molar-refractivity contribution >= 4 is 34.1 Å². The molecule has 152 valence electrons. The van der Waals surface area contributed by atoms with E-state index in [9.17, 15) is 18.8 Å². The minimum absolute atomic E-state index is 0.143. The molecular weight excluding hydrogens is 379 g/mol. The fourth-order valence-electron chi connectivity index (χ4n) is 2.82. The van der Waals surface area contributed by atoms with Crippen LogP contribution < -0.4 is 26.8 Å². The summed E-state index contributed by atoms with van der Waals surface area (Å²) in [7, 11) is 6.47. The third kappa shape index (κ3) is 3.96. The Bertz CT molecular complexity index is 1200. The van der Waals surface area contributed by atoms with Gasteiger partial charge in [-0.3, -0.25) is 18.7 Å². The zero-order chi connectivity index (χ0) is 21.3. The molecule has 0 spiro atoms. The standard InChI is InChI=1S/C19H21FN6O3/c1-24(2)14-9-13(16-17(23-14)25(3)19(29)26(4)18(16)28)21-10-15(27)22-12-7-5-11(20)6-8-12/h5-9H,10H2,1-4H3,(H,21,23)(H,22,27). The van der Waals surface area contributed by atoms with Gasteiger partial charge in [-0.2, -0.15) is 0 Å². The van der Waals surface area contributed by atoms with E-state index < -0.39 is 17.1 Å². The van der Waals surface area contributed by atoms with Crippen LogP contribution >= 0.6 is 0 Å². The third-order valence-electron chi connectivity index (χ3n) is 4.42. The predicted octanol–water partition coefficient (Wildman–Crippen LogP) is 0.888. The number of aromatic nitrogens is 3. The molecular formula is C19H21FN6O3. The van der Waals surface area contributed by atoms with Crippen molar-refractivity contribution in [2.75, 3.05) is 36.2 Å². The fourth-order valence-corrected chi connectivity index (χ4v) is 2.82. The number of hydrogen-bond acceptors (Lipinski definition) is 6. The number of pyridine rings is 1. The van der Waals surface area contributed by atoms with Gasteiger partial charge < -0.3 is 15.5 Å². The SMILES string of the molecule is CN(C)c1cc(NCC(=O)Nc2ccc(F)cc2)c2c(=O)n(C)c(=O)n(C)c2n1. The quantitative estimate of drug-likeness (QED) is 0.660. The monoisotopic (exact) mass is 400 g/mol. The Hall–Kier alpha value is -3.69. The Kier molecular flexibility index (Phi) is 5.35. The van der Waals surface area contributed by atoms with E-state index in [2.05, 4.69) is 15.6 Å². The summed E-state index contributed by atoms with van der Waals surface area (Å²) >= 11 is 0. The highest BCUT2D eigenvalue weighted by molar-refractivity contribution is 5.96. The van der Waals surface area contributed by atoms with Crippen molar-refractivity contribution in [1.29, 1.82) is 0 Å². The Morgan fingerprint density at radius 1 is 1.14 bits per heavy atom. The van der Waals surface area contributed by atoms with Crippen LogP contribution in [0.2, 0.25) is 0 Å². The van der Waals surface area contributed by atoms with Gasteiger partial charge in [0.05, 0.1) is 12.2 Å². The van der Waals surface area contributed by atoms with Crippen molar-refractivity contribution in [3.63, 3.8) is 0 Å². The van der Waals surface area contributed by atoms with Crippen molar-refractivity contribution in [3.05, 3.63) is 57.0 Å². The number of carbonyl (C=O) groups is 1. The lowest BCUT2D eigenvalue weighted by Crippen LogP contribution is -2.38. The van der Waals surface area contributed by atoms with Crippen LogP contribution in [0.15, 0.2) is 39.9 Å². The number of carbonyl (C=O) groups excluding carboxylic acids is 1. The van der Waals surface area contributed by atoms with Gasteiger partial charge in [-0.05, 0) is 24.3 Å². The van der Waals surface area contributed by atoms with Crippen LogP contribution in [0.4, 0.5) is 21.6 Å². The Morgan fingerprint density at radius 3 is 2.41 bits per heavy atom. The van der Waals surface area contributed by atoms with Gasteiger partial charge in [0, 0.05) is 39.9 Å². The Morgan fingerprint density at radius 2 is 1.79 bits per heavy atom. The maximum Gasteiger partial charge on any atom is 0.332 e. The number of rotatable bonds is 5. The van der Waals surface area contributed by atoms with Crippen molar-refractivity contribution < 1.29 is 9.18 Å². The molecule has 0 radical (unpaired) electrons. The molecule has 2 N–H and O–H groups in total. The molecule has 9 nitrogen and oxygen atoms in total. The first-order valence-corrected chi connectivity index (χ1v) is 8.76. The molecule has 2 aromatic heterocycles. The third-order valence-corrected chi connectivity index (χ3v) is 4.42. The highest BCUT2D eigenvalue weighted by Crippen LogP contribution is 2.23. The van der Waals surface area contributed by atoms with Crippen molar-refractivity contribution in [2.24, 2.45) is 14.1 Å². The number of anilines is 3. The van der Waals surface area contributed by atoms with Gasteiger partial charge in [-0.25, -0.2) is 14.2 Å². The molecule has 10 heteroatoms. The molecule has 0 unspecified atom stereocenters. The second-order valence-corrected chi connectivity index (χ2v) is 6.74. The van der Waals surface area contributed by atoms with E-state index >= 15 is 0 Å². The molecule has 3 aromatic rings. The minimum atomic E-state index is -0.512. The first-order chi connectivity index (χ1) is 13.7. The van der Waals surface area contributed by atoms with Crippen LogP contribution in [0.3, 0.4) is 0 Å². The maximum atomic E-state index is 13.0. The largest absolute Gasteiger partial charge is 0.375 e. The molecule has 1 amide bonds. The summed E-state index contributed by atoms with van der Waals surface area (Å²) < 4.78 is 15.3. The first-order valence-electron chi connectivity index (χ1n) is 8.76. The van der Waals surface area contributed by atoms with E-state index in [4.69, 9.17) is 0 Å². The normalized spacial score (nSPS) is 10.8. The van der Waals surface area contributed by atoms with Gasteiger partial charge in [-0.15, -0.1) is 0 Å². The zero-order valence-corrected chi connectivity index (χ0v) is 16.5. The van der Waals surface area contributed by atoms with E-state index in [0.717, 1.165) is 4.57 Å². The summed E-state index contributed by atoms with van der Waals surface area (Å²) in [5, 5.41) is 5.79. The average Bonchev–Trinajstić information content (AvgIpc) is 2.70. The number of nitrogens with zero attached hydrogens (tertiary/aromatic N) is 4. The molecule has 0 saturated heterocycles. The number of hydrogen-bond donors (Lipinski definition) is 2. The van der Waals surface area contributed by atoms with E-state index in [1.165, 1.54) is 42.9 Å². The summed E-state index contributed by atoms with van der Waals surface area (Å²) in [6.45, 7) is -0.143. The molecule has 0 fully saturated rings. The van der Waals surface area contributed by atoms with Crippen LogP contribution in [-0.2, 0) is 18.9 Å². The van der Waals surface area contributed by atoms with Gasteiger partial charge >= 0.3 is 5.69 Å². The van der Waals surface area contributed by atoms with E-state index in [1.807, 2.05) is 0 Å². The van der Waals surface area contributed by atoms with Crippen molar-refractivity contribution in [1.82, 2.24) is 14.1 Å². The lowest BCUT2D eigenvalue weighted by molar-refractivity contribution is -0.114. The molecule has 2 heterocycles. The van der Waals surface area contributed by atoms with Crippen LogP contribution in [0.1, 0.15) is 0 Å². The van der Waals surface area contributed by atoms with Crippen LogP contribution in [0.25, 0.3) is 11.0 Å². The Balaban J connectivity index is 1.97. The predicted molar refractivity (Wildman–Crippen MR) is 110 cm³/mol. The van der Waals surface area contributed by atoms with E-state index in [0.29, 0.717) is 17.2 Å². The van der Waals surface area contributed by atoms with Gasteiger partial charge in [0.2, 0.25) is 5.91 Å². The summed E-state index contributed by atoms with van der Waals surface area (Å²) in [6.07, 6.45) is 0. The zero-order valence-electron chi connectivity index (χ0n) is 16.5. The summed E-state index contributed by atoms with van der Waals surface area (Å²) in [4.78, 5) is 43.3. The number of fused-ring (bicyclic) bond motifs is 1. The van der Waals surface area contributed by atoms with Crippen LogP contribution in [-0.4, -0.2) is 40.7 Å². The van der Waals surface area contributed by atoms with Gasteiger partial charge in [0.1, 0.15) is 17.0 Å². The fraction of sp³-hybridized carbons (Fsp3) is 0.263. The maximum absolute atomic E-state index is 13.0. The van der Waals surface area contributed by atoms with Gasteiger partial charge in [-0.1, -0.05) is 0 Å². The summed E-state index contributed by atoms with van der Waals surface area (Å²) in [5.41, 5.74) is 0.0354. The highest BCUT2D eigenvalue weighted by atomic mass is 19.1. The smallest absolute Gasteiger partial charge is 0.332 e. The second-order valence-electron chi connectivity index (χ2n) is 6.74. The number of nitrogens with one attached hydrogen (secondary N) is 2. The molecule has 29 heavy (non-hydrogen) atoms. The first kappa shape index (κ1) is 20.1. The number of benzene rings is 1. The molecule has 0 saturated carbocycles. The van der Waals surface area contributed by atoms with Crippen molar-refractivity contribution in [2.45, 2.75) is 0 Å². The molecule has 3 rings (SSSR count). The van der Waals surface area contributed by atoms with E-state index in [-0.39, 0.29) is 23.5 Å². The van der Waals surface area contributed by atoms with Gasteiger partial charge in [0.15, 0.2) is 5.65 Å².